The molecule has 1 aliphatic rings. The SMILES string of the molecule is O=C(c1cccnc1)N1CCC(Oc2ccc(F)cc2)CC1. The summed E-state index contributed by atoms with van der Waals surface area (Å²) in [5, 5.41) is 0. The van der Waals surface area contributed by atoms with Crippen LogP contribution in [0.1, 0.15) is 23.2 Å². The van der Waals surface area contributed by atoms with E-state index < -0.39 is 0 Å². The van der Waals surface area contributed by atoms with Crippen LogP contribution in [-0.4, -0.2) is 35.0 Å². The number of benzene rings is 1. The highest BCUT2D eigenvalue weighted by atomic mass is 19.1. The van der Waals surface area contributed by atoms with Crippen molar-refractivity contribution in [3.63, 3.8) is 0 Å². The summed E-state index contributed by atoms with van der Waals surface area (Å²) in [6, 6.07) is 9.56. The van der Waals surface area contributed by atoms with Crippen molar-refractivity contribution in [3.8, 4) is 5.75 Å². The third-order valence-corrected chi connectivity index (χ3v) is 3.75. The minimum Gasteiger partial charge on any atom is -0.490 e. The number of carbonyl (C=O) groups excluding carboxylic acids is 1. The van der Waals surface area contributed by atoms with Gasteiger partial charge in [0, 0.05) is 38.3 Å². The standard InChI is InChI=1S/C17H17FN2O2/c18-14-3-5-15(6-4-14)22-16-7-10-20(11-8-16)17(21)13-2-1-9-19-12-13/h1-6,9,12,16H,7-8,10-11H2. The van der Waals surface area contributed by atoms with Crippen LogP contribution < -0.4 is 4.74 Å². The molecule has 4 nitrogen and oxygen atoms in total. The Morgan fingerprint density at radius 3 is 2.55 bits per heavy atom. The summed E-state index contributed by atoms with van der Waals surface area (Å²) >= 11 is 0. The molecule has 3 rings (SSSR count). The third-order valence-electron chi connectivity index (χ3n) is 3.75. The fourth-order valence-electron chi connectivity index (χ4n) is 2.55. The van der Waals surface area contributed by atoms with E-state index in [-0.39, 0.29) is 17.8 Å². The molecule has 0 atom stereocenters. The largest absolute Gasteiger partial charge is 0.490 e. The topological polar surface area (TPSA) is 42.4 Å². The Hall–Kier alpha value is -2.43. The van der Waals surface area contributed by atoms with Crippen LogP contribution in [0.25, 0.3) is 0 Å². The molecule has 0 radical (unpaired) electrons. The molecule has 1 amide bonds. The summed E-state index contributed by atoms with van der Waals surface area (Å²) in [5.41, 5.74) is 0.611. The summed E-state index contributed by atoms with van der Waals surface area (Å²) in [5.74, 6) is 0.399. The highest BCUT2D eigenvalue weighted by molar-refractivity contribution is 5.93. The lowest BCUT2D eigenvalue weighted by Gasteiger charge is -2.32. The highest BCUT2D eigenvalue weighted by Crippen LogP contribution is 2.20. The van der Waals surface area contributed by atoms with E-state index in [0.29, 0.717) is 24.4 Å². The first-order valence-corrected chi connectivity index (χ1v) is 7.34. The van der Waals surface area contributed by atoms with Gasteiger partial charge >= 0.3 is 0 Å². The fraction of sp³-hybridized carbons (Fsp3) is 0.294. The van der Waals surface area contributed by atoms with E-state index in [4.69, 9.17) is 4.74 Å². The van der Waals surface area contributed by atoms with Crippen molar-refractivity contribution in [1.82, 2.24) is 9.88 Å². The lowest BCUT2D eigenvalue weighted by atomic mass is 10.1. The third kappa shape index (κ3) is 3.42. The molecule has 0 saturated carbocycles. The number of ether oxygens (including phenoxy) is 1. The second-order valence-corrected chi connectivity index (χ2v) is 5.31. The Morgan fingerprint density at radius 2 is 1.91 bits per heavy atom. The van der Waals surface area contributed by atoms with Crippen molar-refractivity contribution < 1.29 is 13.9 Å². The van der Waals surface area contributed by atoms with Crippen molar-refractivity contribution in [3.05, 3.63) is 60.2 Å². The highest BCUT2D eigenvalue weighted by Gasteiger charge is 2.24. The molecule has 5 heteroatoms. The van der Waals surface area contributed by atoms with Crippen LogP contribution in [0.4, 0.5) is 4.39 Å². The zero-order chi connectivity index (χ0) is 15.4. The van der Waals surface area contributed by atoms with Gasteiger partial charge in [-0.05, 0) is 36.4 Å². The Kier molecular flexibility index (Phi) is 4.32. The Bertz CT molecular complexity index is 623. The summed E-state index contributed by atoms with van der Waals surface area (Å²) < 4.78 is 18.7. The molecular weight excluding hydrogens is 283 g/mol. The van der Waals surface area contributed by atoms with E-state index in [1.54, 1.807) is 36.7 Å². The van der Waals surface area contributed by atoms with Crippen molar-refractivity contribution in [2.75, 3.05) is 13.1 Å². The van der Waals surface area contributed by atoms with E-state index in [9.17, 15) is 9.18 Å². The maximum Gasteiger partial charge on any atom is 0.255 e. The molecule has 1 aliphatic heterocycles. The van der Waals surface area contributed by atoms with Crippen LogP contribution in [0.15, 0.2) is 48.8 Å². The molecule has 0 spiro atoms. The van der Waals surface area contributed by atoms with Gasteiger partial charge in [-0.1, -0.05) is 0 Å². The first-order valence-electron chi connectivity index (χ1n) is 7.34. The molecule has 114 valence electrons. The molecule has 1 aromatic heterocycles. The van der Waals surface area contributed by atoms with Crippen LogP contribution in [0.3, 0.4) is 0 Å². The Balaban J connectivity index is 1.54. The van der Waals surface area contributed by atoms with Gasteiger partial charge < -0.3 is 9.64 Å². The van der Waals surface area contributed by atoms with Crippen LogP contribution in [0.2, 0.25) is 0 Å². The summed E-state index contributed by atoms with van der Waals surface area (Å²) in [4.78, 5) is 18.1. The minimum absolute atomic E-state index is 0.00771. The Morgan fingerprint density at radius 1 is 1.18 bits per heavy atom. The monoisotopic (exact) mass is 300 g/mol. The van der Waals surface area contributed by atoms with Crippen LogP contribution >= 0.6 is 0 Å². The second kappa shape index (κ2) is 6.56. The smallest absolute Gasteiger partial charge is 0.255 e. The summed E-state index contributed by atoms with van der Waals surface area (Å²) in [7, 11) is 0. The first kappa shape index (κ1) is 14.5. The van der Waals surface area contributed by atoms with Gasteiger partial charge in [-0.3, -0.25) is 9.78 Å². The van der Waals surface area contributed by atoms with Gasteiger partial charge in [0.25, 0.3) is 5.91 Å². The van der Waals surface area contributed by atoms with Crippen molar-refractivity contribution >= 4 is 5.91 Å². The predicted octanol–water partition coefficient (Wildman–Crippen LogP) is 2.90. The number of rotatable bonds is 3. The zero-order valence-electron chi connectivity index (χ0n) is 12.1. The van der Waals surface area contributed by atoms with Gasteiger partial charge in [-0.2, -0.15) is 0 Å². The molecule has 0 unspecified atom stereocenters. The number of aromatic nitrogens is 1. The number of hydrogen-bond donors (Lipinski definition) is 0. The number of amides is 1. The van der Waals surface area contributed by atoms with E-state index in [1.165, 1.54) is 12.1 Å². The second-order valence-electron chi connectivity index (χ2n) is 5.31. The lowest BCUT2D eigenvalue weighted by molar-refractivity contribution is 0.0595. The first-order chi connectivity index (χ1) is 10.7. The average molecular weight is 300 g/mol. The molecule has 1 fully saturated rings. The zero-order valence-corrected chi connectivity index (χ0v) is 12.1. The van der Waals surface area contributed by atoms with Crippen LogP contribution in [0, 0.1) is 5.82 Å². The van der Waals surface area contributed by atoms with Gasteiger partial charge in [0.1, 0.15) is 17.7 Å². The number of pyridine rings is 1. The quantitative estimate of drug-likeness (QED) is 0.875. The van der Waals surface area contributed by atoms with E-state index in [0.717, 1.165) is 12.8 Å². The number of likely N-dealkylation sites (tertiary alicyclic amines) is 1. The molecule has 1 saturated heterocycles. The van der Waals surface area contributed by atoms with E-state index in [2.05, 4.69) is 4.98 Å². The Labute approximate surface area is 128 Å². The normalized spacial score (nSPS) is 15.6. The average Bonchev–Trinajstić information content (AvgIpc) is 2.58. The van der Waals surface area contributed by atoms with Crippen molar-refractivity contribution in [2.45, 2.75) is 18.9 Å². The number of piperidine rings is 1. The van der Waals surface area contributed by atoms with E-state index >= 15 is 0 Å². The molecule has 0 bridgehead atoms. The minimum atomic E-state index is -0.274. The van der Waals surface area contributed by atoms with Gasteiger partial charge in [0.05, 0.1) is 5.56 Å². The molecule has 0 N–H and O–H groups in total. The summed E-state index contributed by atoms with van der Waals surface area (Å²) in [6.45, 7) is 1.30. The molecule has 22 heavy (non-hydrogen) atoms. The van der Waals surface area contributed by atoms with E-state index in [1.807, 2.05) is 4.90 Å². The maximum absolute atomic E-state index is 12.9. The fourth-order valence-corrected chi connectivity index (χ4v) is 2.55. The van der Waals surface area contributed by atoms with Crippen LogP contribution in [-0.2, 0) is 0 Å². The molecule has 2 aromatic rings. The van der Waals surface area contributed by atoms with Gasteiger partial charge in [-0.25, -0.2) is 4.39 Å². The van der Waals surface area contributed by atoms with Gasteiger partial charge in [0.2, 0.25) is 0 Å². The van der Waals surface area contributed by atoms with Gasteiger partial charge in [0.15, 0.2) is 0 Å². The number of nitrogens with zero attached hydrogens (tertiary/aromatic N) is 2. The summed E-state index contributed by atoms with van der Waals surface area (Å²) in [6.07, 6.45) is 4.83. The van der Waals surface area contributed by atoms with Crippen molar-refractivity contribution in [1.29, 1.82) is 0 Å². The van der Waals surface area contributed by atoms with Crippen LogP contribution in [0.5, 0.6) is 5.75 Å². The molecule has 2 heterocycles. The van der Waals surface area contributed by atoms with Gasteiger partial charge in [-0.15, -0.1) is 0 Å². The number of halogens is 1. The number of carbonyl (C=O) groups is 1. The molecule has 1 aromatic carbocycles. The lowest BCUT2D eigenvalue weighted by Crippen LogP contribution is -2.41. The molecule has 0 aliphatic carbocycles. The molecular formula is C17H17FN2O2. The van der Waals surface area contributed by atoms with Crippen molar-refractivity contribution in [2.24, 2.45) is 0 Å². The number of hydrogen-bond acceptors (Lipinski definition) is 3. The maximum atomic E-state index is 12.9. The predicted molar refractivity (Wildman–Crippen MR) is 80.2 cm³/mol.